The molecule has 1 aliphatic heterocycles. The molecule has 0 aromatic heterocycles. The fourth-order valence-corrected chi connectivity index (χ4v) is 2.44. The van der Waals surface area contributed by atoms with Crippen LogP contribution >= 0.6 is 0 Å². The summed E-state index contributed by atoms with van der Waals surface area (Å²) in [5.74, 6) is 0.154. The fraction of sp³-hybridized carbons (Fsp3) is 0.857. The van der Waals surface area contributed by atoms with Crippen molar-refractivity contribution in [3.05, 3.63) is 0 Å². The monoisotopic (exact) mass is 251 g/mol. The van der Waals surface area contributed by atoms with Gasteiger partial charge in [0.25, 0.3) is 0 Å². The Bertz CT molecular complexity index is 298. The Balaban J connectivity index is 2.30. The molecule has 1 heterocycles. The van der Waals surface area contributed by atoms with E-state index in [9.17, 15) is 4.79 Å². The van der Waals surface area contributed by atoms with E-state index in [1.807, 2.05) is 0 Å². The van der Waals surface area contributed by atoms with Gasteiger partial charge in [-0.05, 0) is 26.3 Å². The Kier molecular flexibility index (Phi) is 6.74. The van der Waals surface area contributed by atoms with Crippen LogP contribution in [0.4, 0.5) is 0 Å². The third-order valence-corrected chi connectivity index (χ3v) is 3.79. The highest BCUT2D eigenvalue weighted by Crippen LogP contribution is 2.16. The van der Waals surface area contributed by atoms with Crippen LogP contribution in [0, 0.1) is 11.3 Å². The number of likely N-dealkylation sites (tertiary alicyclic amines) is 1. The molecular formula is C14H25N3O. The van der Waals surface area contributed by atoms with Crippen LogP contribution in [-0.4, -0.2) is 48.4 Å². The Morgan fingerprint density at radius 2 is 2.22 bits per heavy atom. The van der Waals surface area contributed by atoms with Gasteiger partial charge in [0.15, 0.2) is 0 Å². The van der Waals surface area contributed by atoms with Gasteiger partial charge in [-0.25, -0.2) is 0 Å². The lowest BCUT2D eigenvalue weighted by Gasteiger charge is -2.27. The maximum Gasteiger partial charge on any atom is 0.223 e. The second kappa shape index (κ2) is 8.10. The first-order valence-corrected chi connectivity index (χ1v) is 7.00. The minimum atomic E-state index is 0.154. The summed E-state index contributed by atoms with van der Waals surface area (Å²) >= 11 is 0. The number of nitriles is 1. The Labute approximate surface area is 111 Å². The van der Waals surface area contributed by atoms with Crippen LogP contribution in [0.1, 0.15) is 45.4 Å². The number of carbonyl (C=O) groups is 1. The number of carbonyl (C=O) groups excluding carboxylic acids is 1. The molecule has 0 bridgehead atoms. The van der Waals surface area contributed by atoms with Gasteiger partial charge in [-0.2, -0.15) is 5.26 Å². The van der Waals surface area contributed by atoms with Gasteiger partial charge in [0, 0.05) is 32.6 Å². The molecule has 1 atom stereocenters. The zero-order chi connectivity index (χ0) is 13.4. The van der Waals surface area contributed by atoms with Crippen molar-refractivity contribution in [1.82, 2.24) is 9.80 Å². The standard InChI is InChI=1S/C14H25N3O/c1-13-7-4-3-5-11-17(13)12-8-14(18)16(2)10-6-9-15/h13H,3-8,10-12H2,1-2H3. The molecule has 0 aliphatic carbocycles. The lowest BCUT2D eigenvalue weighted by atomic mass is 10.1. The van der Waals surface area contributed by atoms with E-state index in [1.54, 1.807) is 11.9 Å². The zero-order valence-electron chi connectivity index (χ0n) is 11.7. The molecule has 1 unspecified atom stereocenters. The smallest absolute Gasteiger partial charge is 0.223 e. The van der Waals surface area contributed by atoms with Gasteiger partial charge in [0.2, 0.25) is 5.91 Å². The van der Waals surface area contributed by atoms with E-state index in [2.05, 4.69) is 17.9 Å². The average Bonchev–Trinajstić information content (AvgIpc) is 2.57. The summed E-state index contributed by atoms with van der Waals surface area (Å²) in [4.78, 5) is 16.0. The summed E-state index contributed by atoms with van der Waals surface area (Å²) < 4.78 is 0. The highest BCUT2D eigenvalue weighted by atomic mass is 16.2. The van der Waals surface area contributed by atoms with Crippen molar-refractivity contribution in [2.24, 2.45) is 0 Å². The van der Waals surface area contributed by atoms with Crippen molar-refractivity contribution < 1.29 is 4.79 Å². The van der Waals surface area contributed by atoms with E-state index in [0.717, 1.165) is 13.1 Å². The van der Waals surface area contributed by atoms with Crippen LogP contribution in [0.25, 0.3) is 0 Å². The first-order chi connectivity index (χ1) is 8.65. The molecule has 102 valence electrons. The third-order valence-electron chi connectivity index (χ3n) is 3.79. The molecule has 1 aliphatic rings. The third kappa shape index (κ3) is 5.05. The molecule has 0 aromatic carbocycles. The van der Waals surface area contributed by atoms with Crippen LogP contribution in [0.15, 0.2) is 0 Å². The minimum Gasteiger partial charge on any atom is -0.345 e. The van der Waals surface area contributed by atoms with Crippen LogP contribution < -0.4 is 0 Å². The SMILES string of the molecule is CC1CCCCCN1CCC(=O)N(C)CCC#N. The van der Waals surface area contributed by atoms with E-state index in [4.69, 9.17) is 5.26 Å². The number of amides is 1. The van der Waals surface area contributed by atoms with Crippen molar-refractivity contribution in [2.45, 2.75) is 51.5 Å². The number of hydrogen-bond donors (Lipinski definition) is 0. The van der Waals surface area contributed by atoms with Crippen molar-refractivity contribution in [1.29, 1.82) is 5.26 Å². The van der Waals surface area contributed by atoms with Gasteiger partial charge < -0.3 is 9.80 Å². The summed E-state index contributed by atoms with van der Waals surface area (Å²) in [5, 5.41) is 8.50. The zero-order valence-corrected chi connectivity index (χ0v) is 11.7. The molecule has 0 radical (unpaired) electrons. The molecule has 1 amide bonds. The highest BCUT2D eigenvalue weighted by Gasteiger charge is 2.18. The van der Waals surface area contributed by atoms with Crippen LogP contribution in [-0.2, 0) is 4.79 Å². The van der Waals surface area contributed by atoms with Gasteiger partial charge in [-0.1, -0.05) is 12.8 Å². The molecule has 0 saturated carbocycles. The van der Waals surface area contributed by atoms with Crippen LogP contribution in [0.5, 0.6) is 0 Å². The molecular weight excluding hydrogens is 226 g/mol. The van der Waals surface area contributed by atoms with Crippen molar-refractivity contribution in [3.63, 3.8) is 0 Å². The van der Waals surface area contributed by atoms with E-state index < -0.39 is 0 Å². The van der Waals surface area contributed by atoms with Crippen molar-refractivity contribution >= 4 is 5.91 Å². The van der Waals surface area contributed by atoms with Gasteiger partial charge in [0.1, 0.15) is 0 Å². The normalized spacial score (nSPS) is 21.1. The quantitative estimate of drug-likeness (QED) is 0.751. The van der Waals surface area contributed by atoms with E-state index >= 15 is 0 Å². The molecule has 0 aromatic rings. The molecule has 0 N–H and O–H groups in total. The van der Waals surface area contributed by atoms with Gasteiger partial charge in [0.05, 0.1) is 12.5 Å². The topological polar surface area (TPSA) is 47.3 Å². The van der Waals surface area contributed by atoms with Gasteiger partial charge in [-0.3, -0.25) is 4.79 Å². The van der Waals surface area contributed by atoms with Crippen molar-refractivity contribution in [2.75, 3.05) is 26.7 Å². The molecule has 1 fully saturated rings. The van der Waals surface area contributed by atoms with Gasteiger partial charge >= 0.3 is 0 Å². The molecule has 4 heteroatoms. The van der Waals surface area contributed by atoms with E-state index in [0.29, 0.717) is 25.4 Å². The van der Waals surface area contributed by atoms with Crippen LogP contribution in [0.2, 0.25) is 0 Å². The first-order valence-electron chi connectivity index (χ1n) is 7.00. The summed E-state index contributed by atoms with van der Waals surface area (Å²) in [7, 11) is 1.78. The average molecular weight is 251 g/mol. The Morgan fingerprint density at radius 3 is 2.94 bits per heavy atom. The summed E-state index contributed by atoms with van der Waals surface area (Å²) in [6, 6.07) is 2.67. The van der Waals surface area contributed by atoms with Crippen LogP contribution in [0.3, 0.4) is 0 Å². The maximum atomic E-state index is 11.9. The Morgan fingerprint density at radius 1 is 1.44 bits per heavy atom. The van der Waals surface area contributed by atoms with E-state index in [1.165, 1.54) is 25.7 Å². The van der Waals surface area contributed by atoms with Gasteiger partial charge in [-0.15, -0.1) is 0 Å². The van der Waals surface area contributed by atoms with Crippen molar-refractivity contribution in [3.8, 4) is 6.07 Å². The predicted octanol–water partition coefficient (Wildman–Crippen LogP) is 2.01. The second-order valence-electron chi connectivity index (χ2n) is 5.21. The number of rotatable bonds is 5. The van der Waals surface area contributed by atoms with E-state index in [-0.39, 0.29) is 5.91 Å². The fourth-order valence-electron chi connectivity index (χ4n) is 2.44. The largest absolute Gasteiger partial charge is 0.345 e. The minimum absolute atomic E-state index is 0.154. The predicted molar refractivity (Wildman–Crippen MR) is 72.0 cm³/mol. The molecule has 1 saturated heterocycles. The lowest BCUT2D eigenvalue weighted by molar-refractivity contribution is -0.130. The number of hydrogen-bond acceptors (Lipinski definition) is 3. The summed E-state index contributed by atoms with van der Waals surface area (Å²) in [6.45, 7) is 4.79. The highest BCUT2D eigenvalue weighted by molar-refractivity contribution is 5.76. The summed E-state index contributed by atoms with van der Waals surface area (Å²) in [6.07, 6.45) is 6.13. The second-order valence-corrected chi connectivity index (χ2v) is 5.21. The molecule has 4 nitrogen and oxygen atoms in total. The summed E-state index contributed by atoms with van der Waals surface area (Å²) in [5.41, 5.74) is 0. The molecule has 1 rings (SSSR count). The Hall–Kier alpha value is -1.08. The maximum absolute atomic E-state index is 11.9. The lowest BCUT2D eigenvalue weighted by Crippen LogP contribution is -2.37. The number of nitrogens with zero attached hydrogens (tertiary/aromatic N) is 3. The molecule has 0 spiro atoms. The molecule has 18 heavy (non-hydrogen) atoms. The first kappa shape index (κ1) is 15.0.